The van der Waals surface area contributed by atoms with Crippen LogP contribution in [0.2, 0.25) is 5.02 Å². The monoisotopic (exact) mass is 376 g/mol. The number of carbonyl (C=O) groups is 1. The molecule has 2 aromatic carbocycles. The summed E-state index contributed by atoms with van der Waals surface area (Å²) >= 11 is 5.89. The van der Waals surface area contributed by atoms with Gasteiger partial charge in [-0.15, -0.1) is 0 Å². The molecular formula is C20H22ClFN2O2. The lowest BCUT2D eigenvalue weighted by Crippen LogP contribution is -2.19. The Morgan fingerprint density at radius 2 is 2.00 bits per heavy atom. The predicted octanol–water partition coefficient (Wildman–Crippen LogP) is 4.80. The molecule has 26 heavy (non-hydrogen) atoms. The molecule has 3 rings (SSSR count). The Hall–Kier alpha value is -2.27. The van der Waals surface area contributed by atoms with Crippen molar-refractivity contribution in [3.05, 3.63) is 52.8 Å². The molecule has 0 aliphatic carbocycles. The van der Waals surface area contributed by atoms with Gasteiger partial charge in [-0.1, -0.05) is 11.6 Å². The number of halogens is 2. The van der Waals surface area contributed by atoms with Crippen LogP contribution in [-0.2, 0) is 4.79 Å². The van der Waals surface area contributed by atoms with E-state index in [4.69, 9.17) is 16.3 Å². The number of aryl methyl sites for hydroxylation is 1. The number of benzene rings is 2. The van der Waals surface area contributed by atoms with Crippen LogP contribution in [0.1, 0.15) is 24.8 Å². The molecule has 138 valence electrons. The minimum Gasteiger partial charge on any atom is -0.491 e. The first kappa shape index (κ1) is 18.5. The Kier molecular flexibility index (Phi) is 5.99. The van der Waals surface area contributed by atoms with E-state index in [2.05, 4.69) is 23.2 Å². The Labute approximate surface area is 157 Å². The van der Waals surface area contributed by atoms with E-state index in [0.29, 0.717) is 5.75 Å². The summed E-state index contributed by atoms with van der Waals surface area (Å²) in [6.45, 7) is 4.41. The molecule has 1 heterocycles. The lowest BCUT2D eigenvalue weighted by atomic mass is 10.1. The maximum atomic E-state index is 13.0. The number of ether oxygens (including phenoxy) is 1. The second-order valence-electron chi connectivity index (χ2n) is 6.42. The third-order valence-corrected chi connectivity index (χ3v) is 4.70. The summed E-state index contributed by atoms with van der Waals surface area (Å²) in [6.07, 6.45) is 2.65. The Morgan fingerprint density at radius 3 is 2.69 bits per heavy atom. The van der Waals surface area contributed by atoms with Gasteiger partial charge in [-0.25, -0.2) is 4.39 Å². The average molecular weight is 377 g/mol. The van der Waals surface area contributed by atoms with Crippen molar-refractivity contribution in [2.24, 2.45) is 0 Å². The molecule has 1 aliphatic heterocycles. The highest BCUT2D eigenvalue weighted by molar-refractivity contribution is 6.32. The van der Waals surface area contributed by atoms with Gasteiger partial charge in [-0.3, -0.25) is 4.79 Å². The fourth-order valence-electron chi connectivity index (χ4n) is 3.12. The van der Waals surface area contributed by atoms with Gasteiger partial charge in [0.1, 0.15) is 11.6 Å². The molecule has 6 heteroatoms. The number of rotatable bonds is 6. The Morgan fingerprint density at radius 1 is 1.23 bits per heavy atom. The first-order valence-corrected chi connectivity index (χ1v) is 9.14. The molecule has 0 bridgehead atoms. The van der Waals surface area contributed by atoms with Crippen LogP contribution < -0.4 is 15.0 Å². The zero-order chi connectivity index (χ0) is 18.5. The van der Waals surface area contributed by atoms with Gasteiger partial charge in [0.2, 0.25) is 5.91 Å². The van der Waals surface area contributed by atoms with Gasteiger partial charge < -0.3 is 15.0 Å². The minimum atomic E-state index is -0.423. The van der Waals surface area contributed by atoms with Crippen molar-refractivity contribution in [3.63, 3.8) is 0 Å². The Bertz CT molecular complexity index is 791. The number of amides is 1. The quantitative estimate of drug-likeness (QED) is 0.787. The summed E-state index contributed by atoms with van der Waals surface area (Å²) in [7, 11) is 0. The van der Waals surface area contributed by atoms with E-state index >= 15 is 0 Å². The fourth-order valence-corrected chi connectivity index (χ4v) is 3.34. The lowest BCUT2D eigenvalue weighted by Gasteiger charge is -2.20. The molecule has 0 unspecified atom stereocenters. The van der Waals surface area contributed by atoms with Gasteiger partial charge in [0, 0.05) is 24.5 Å². The van der Waals surface area contributed by atoms with Crippen LogP contribution in [0.25, 0.3) is 0 Å². The second kappa shape index (κ2) is 8.41. The molecule has 0 saturated carbocycles. The van der Waals surface area contributed by atoms with Crippen molar-refractivity contribution in [1.29, 1.82) is 0 Å². The molecule has 1 aliphatic rings. The topological polar surface area (TPSA) is 41.6 Å². The first-order valence-electron chi connectivity index (χ1n) is 8.76. The summed E-state index contributed by atoms with van der Waals surface area (Å²) in [5, 5.41) is 3.07. The van der Waals surface area contributed by atoms with Crippen LogP contribution in [-0.4, -0.2) is 25.6 Å². The summed E-state index contributed by atoms with van der Waals surface area (Å²) < 4.78 is 18.4. The second-order valence-corrected chi connectivity index (χ2v) is 6.82. The molecule has 2 aromatic rings. The van der Waals surface area contributed by atoms with E-state index in [9.17, 15) is 9.18 Å². The van der Waals surface area contributed by atoms with Crippen LogP contribution in [0.3, 0.4) is 0 Å². The number of hydrogen-bond acceptors (Lipinski definition) is 3. The van der Waals surface area contributed by atoms with E-state index in [0.717, 1.165) is 24.3 Å². The van der Waals surface area contributed by atoms with E-state index in [-0.39, 0.29) is 24.0 Å². The summed E-state index contributed by atoms with van der Waals surface area (Å²) in [5.41, 5.74) is 3.16. The molecule has 0 atom stereocenters. The van der Waals surface area contributed by atoms with Gasteiger partial charge >= 0.3 is 0 Å². The normalized spacial score (nSPS) is 13.7. The van der Waals surface area contributed by atoms with Gasteiger partial charge in [0.15, 0.2) is 0 Å². The van der Waals surface area contributed by atoms with Crippen LogP contribution in [0.5, 0.6) is 5.75 Å². The average Bonchev–Trinajstić information content (AvgIpc) is 3.11. The zero-order valence-electron chi connectivity index (χ0n) is 14.7. The molecule has 1 fully saturated rings. The van der Waals surface area contributed by atoms with E-state index in [1.807, 2.05) is 12.1 Å². The number of anilines is 2. The standard InChI is InChI=1S/C20H22ClFN2O2/c1-14-12-16(5-6-18(14)24-9-2-3-10-24)23-20(25)8-11-26-19-7-4-15(22)13-17(19)21/h4-7,12-13H,2-3,8-11H2,1H3,(H,23,25). The molecule has 1 saturated heterocycles. The van der Waals surface area contributed by atoms with Crippen LogP contribution >= 0.6 is 11.6 Å². The van der Waals surface area contributed by atoms with Crippen LogP contribution in [0.4, 0.5) is 15.8 Å². The van der Waals surface area contributed by atoms with Crippen molar-refractivity contribution >= 4 is 28.9 Å². The Balaban J connectivity index is 1.50. The van der Waals surface area contributed by atoms with Crippen LogP contribution in [0, 0.1) is 12.7 Å². The maximum absolute atomic E-state index is 13.0. The summed E-state index contributed by atoms with van der Waals surface area (Å²) in [4.78, 5) is 14.5. The smallest absolute Gasteiger partial charge is 0.227 e. The summed E-state index contributed by atoms with van der Waals surface area (Å²) in [5.74, 6) is -0.198. The van der Waals surface area contributed by atoms with Gasteiger partial charge in [-0.05, 0) is 61.7 Å². The number of nitrogens with one attached hydrogen (secondary N) is 1. The van der Waals surface area contributed by atoms with Crippen molar-refractivity contribution in [1.82, 2.24) is 0 Å². The van der Waals surface area contributed by atoms with E-state index in [1.165, 1.54) is 36.7 Å². The highest BCUT2D eigenvalue weighted by Gasteiger charge is 2.14. The zero-order valence-corrected chi connectivity index (χ0v) is 15.5. The van der Waals surface area contributed by atoms with Crippen molar-refractivity contribution in [3.8, 4) is 5.75 Å². The van der Waals surface area contributed by atoms with Crippen molar-refractivity contribution in [2.75, 3.05) is 29.9 Å². The number of hydrogen-bond donors (Lipinski definition) is 1. The molecule has 0 spiro atoms. The third kappa shape index (κ3) is 4.67. The highest BCUT2D eigenvalue weighted by Crippen LogP contribution is 2.27. The number of carbonyl (C=O) groups excluding carboxylic acids is 1. The summed E-state index contributed by atoms with van der Waals surface area (Å²) in [6, 6.07) is 9.88. The van der Waals surface area contributed by atoms with Crippen molar-refractivity contribution in [2.45, 2.75) is 26.2 Å². The SMILES string of the molecule is Cc1cc(NC(=O)CCOc2ccc(F)cc2Cl)ccc1N1CCCC1. The number of nitrogens with zero attached hydrogens (tertiary/aromatic N) is 1. The lowest BCUT2D eigenvalue weighted by molar-refractivity contribution is -0.116. The fraction of sp³-hybridized carbons (Fsp3) is 0.350. The molecule has 1 amide bonds. The van der Waals surface area contributed by atoms with E-state index < -0.39 is 5.82 Å². The van der Waals surface area contributed by atoms with Gasteiger partial charge in [0.05, 0.1) is 18.1 Å². The molecule has 4 nitrogen and oxygen atoms in total. The predicted molar refractivity (Wildman–Crippen MR) is 103 cm³/mol. The van der Waals surface area contributed by atoms with E-state index in [1.54, 1.807) is 0 Å². The highest BCUT2D eigenvalue weighted by atomic mass is 35.5. The molecule has 1 N–H and O–H groups in total. The van der Waals surface area contributed by atoms with Gasteiger partial charge in [0.25, 0.3) is 0 Å². The third-order valence-electron chi connectivity index (χ3n) is 4.41. The molecular weight excluding hydrogens is 355 g/mol. The van der Waals surface area contributed by atoms with Crippen LogP contribution in [0.15, 0.2) is 36.4 Å². The molecule has 0 radical (unpaired) electrons. The first-order chi connectivity index (χ1) is 12.5. The molecule has 0 aromatic heterocycles. The van der Waals surface area contributed by atoms with Gasteiger partial charge in [-0.2, -0.15) is 0 Å². The largest absolute Gasteiger partial charge is 0.491 e. The van der Waals surface area contributed by atoms with Crippen molar-refractivity contribution < 1.29 is 13.9 Å². The maximum Gasteiger partial charge on any atom is 0.227 e. The minimum absolute atomic E-state index is 0.142.